The van der Waals surface area contributed by atoms with Crippen LogP contribution in [-0.2, 0) is 19.1 Å². The molecule has 4 amide bonds. The van der Waals surface area contributed by atoms with Gasteiger partial charge >= 0.3 is 12.0 Å². The van der Waals surface area contributed by atoms with Crippen LogP contribution in [0, 0.1) is 0 Å². The van der Waals surface area contributed by atoms with Crippen LogP contribution in [0.5, 0.6) is 0 Å². The fourth-order valence-corrected chi connectivity index (χ4v) is 3.03. The minimum atomic E-state index is -0.956. The number of amides is 4. The van der Waals surface area contributed by atoms with Gasteiger partial charge < -0.3 is 15.0 Å². The van der Waals surface area contributed by atoms with Crippen LogP contribution in [0.2, 0.25) is 0 Å². The Labute approximate surface area is 147 Å². The van der Waals surface area contributed by atoms with Gasteiger partial charge in [0.15, 0.2) is 6.61 Å². The van der Waals surface area contributed by atoms with Gasteiger partial charge in [0, 0.05) is 19.6 Å². The summed E-state index contributed by atoms with van der Waals surface area (Å²) < 4.78 is 5.01. The topological polar surface area (TPSA) is 96.0 Å². The van der Waals surface area contributed by atoms with Crippen molar-refractivity contribution in [3.8, 4) is 0 Å². The van der Waals surface area contributed by atoms with Crippen molar-refractivity contribution in [2.75, 3.05) is 26.2 Å². The highest BCUT2D eigenvalue weighted by atomic mass is 16.5. The first-order chi connectivity index (χ1) is 11.8. The van der Waals surface area contributed by atoms with Gasteiger partial charge in [-0.25, -0.2) is 4.79 Å². The van der Waals surface area contributed by atoms with Crippen molar-refractivity contribution in [2.24, 2.45) is 0 Å². The van der Waals surface area contributed by atoms with Gasteiger partial charge in [-0.1, -0.05) is 19.3 Å². The third-order valence-electron chi connectivity index (χ3n) is 4.55. The highest BCUT2D eigenvalue weighted by Gasteiger charge is 2.44. The summed E-state index contributed by atoms with van der Waals surface area (Å²) in [7, 11) is 0. The lowest BCUT2D eigenvalue weighted by Crippen LogP contribution is -2.40. The quantitative estimate of drug-likeness (QED) is 0.588. The summed E-state index contributed by atoms with van der Waals surface area (Å²) in [5.41, 5.74) is -0.956. The molecule has 8 heteroatoms. The van der Waals surface area contributed by atoms with E-state index in [1.807, 2.05) is 0 Å². The molecule has 2 rings (SSSR count). The molecule has 2 aliphatic heterocycles. The van der Waals surface area contributed by atoms with Gasteiger partial charge in [0.05, 0.1) is 6.42 Å². The van der Waals surface area contributed by atoms with E-state index in [0.29, 0.717) is 13.1 Å². The van der Waals surface area contributed by atoms with E-state index in [-0.39, 0.29) is 31.4 Å². The van der Waals surface area contributed by atoms with Gasteiger partial charge in [-0.2, -0.15) is 0 Å². The minimum absolute atomic E-state index is 0.0508. The van der Waals surface area contributed by atoms with Gasteiger partial charge in [0.25, 0.3) is 11.8 Å². The zero-order valence-electron chi connectivity index (χ0n) is 15.0. The highest BCUT2D eigenvalue weighted by molar-refractivity contribution is 6.06. The molecule has 2 heterocycles. The van der Waals surface area contributed by atoms with Crippen molar-refractivity contribution in [3.63, 3.8) is 0 Å². The van der Waals surface area contributed by atoms with E-state index >= 15 is 0 Å². The lowest BCUT2D eigenvalue weighted by Gasteiger charge is -2.24. The average molecular weight is 353 g/mol. The van der Waals surface area contributed by atoms with E-state index in [2.05, 4.69) is 5.32 Å². The highest BCUT2D eigenvalue weighted by Crippen LogP contribution is 2.16. The Morgan fingerprint density at radius 2 is 1.68 bits per heavy atom. The number of esters is 1. The van der Waals surface area contributed by atoms with Gasteiger partial charge in [-0.05, 0) is 26.7 Å². The Bertz CT molecular complexity index is 538. The van der Waals surface area contributed by atoms with Crippen LogP contribution in [-0.4, -0.2) is 65.4 Å². The van der Waals surface area contributed by atoms with Crippen molar-refractivity contribution < 1.29 is 23.9 Å². The predicted molar refractivity (Wildman–Crippen MR) is 89.6 cm³/mol. The molecular formula is C17H27N3O5. The molecule has 0 aromatic heterocycles. The van der Waals surface area contributed by atoms with Gasteiger partial charge in [0.2, 0.25) is 0 Å². The van der Waals surface area contributed by atoms with E-state index < -0.39 is 17.5 Å². The van der Waals surface area contributed by atoms with Gasteiger partial charge in [0.1, 0.15) is 5.54 Å². The summed E-state index contributed by atoms with van der Waals surface area (Å²) in [6, 6.07) is -0.514. The monoisotopic (exact) mass is 353 g/mol. The second kappa shape index (κ2) is 8.31. The fourth-order valence-electron chi connectivity index (χ4n) is 3.03. The number of likely N-dealkylation sites (tertiary alicyclic amines) is 1. The molecule has 0 atom stereocenters. The molecule has 0 bridgehead atoms. The van der Waals surface area contributed by atoms with Crippen LogP contribution in [0.25, 0.3) is 0 Å². The third-order valence-corrected chi connectivity index (χ3v) is 4.55. The van der Waals surface area contributed by atoms with Crippen LogP contribution in [0.15, 0.2) is 0 Å². The number of nitrogens with one attached hydrogen (secondary N) is 1. The molecule has 2 fully saturated rings. The number of carbonyl (C=O) groups excluding carboxylic acids is 4. The molecule has 2 saturated heterocycles. The fraction of sp³-hybridized carbons (Fsp3) is 0.765. The molecule has 1 N–H and O–H groups in total. The molecule has 0 aliphatic carbocycles. The summed E-state index contributed by atoms with van der Waals surface area (Å²) in [4.78, 5) is 50.4. The first-order valence-electron chi connectivity index (χ1n) is 8.89. The molecule has 0 unspecified atom stereocenters. The molecule has 8 nitrogen and oxygen atoms in total. The number of hydrogen-bond acceptors (Lipinski definition) is 5. The SMILES string of the molecule is CC1(C)NC(=O)N(CCC(=O)OCC(=O)N2CCCCCCC2)C1=O. The molecule has 25 heavy (non-hydrogen) atoms. The van der Waals surface area contributed by atoms with E-state index in [4.69, 9.17) is 4.74 Å². The lowest BCUT2D eigenvalue weighted by atomic mass is 10.1. The lowest BCUT2D eigenvalue weighted by molar-refractivity contribution is -0.152. The van der Waals surface area contributed by atoms with Crippen molar-refractivity contribution in [1.29, 1.82) is 0 Å². The molecule has 0 radical (unpaired) electrons. The summed E-state index contributed by atoms with van der Waals surface area (Å²) in [6.45, 7) is 4.28. The Balaban J connectivity index is 1.72. The number of rotatable bonds is 5. The predicted octanol–water partition coefficient (Wildman–Crippen LogP) is 1.04. The van der Waals surface area contributed by atoms with Gasteiger partial charge in [-0.15, -0.1) is 0 Å². The normalized spacial score (nSPS) is 20.7. The molecule has 0 saturated carbocycles. The maximum absolute atomic E-state index is 12.1. The van der Waals surface area contributed by atoms with Crippen molar-refractivity contribution in [3.05, 3.63) is 0 Å². The van der Waals surface area contributed by atoms with E-state index in [0.717, 1.165) is 30.6 Å². The molecule has 2 aliphatic rings. The van der Waals surface area contributed by atoms with E-state index in [1.165, 1.54) is 6.42 Å². The Morgan fingerprint density at radius 3 is 2.24 bits per heavy atom. The standard InChI is InChI=1S/C17H27N3O5/c1-17(2)15(23)20(16(24)18-17)11-8-14(22)25-12-13(21)19-9-6-4-3-5-7-10-19/h3-12H2,1-2H3,(H,18,24). The summed E-state index contributed by atoms with van der Waals surface area (Å²) in [5.74, 6) is -1.15. The van der Waals surface area contributed by atoms with E-state index in [9.17, 15) is 19.2 Å². The number of urea groups is 1. The zero-order chi connectivity index (χ0) is 18.4. The number of ether oxygens (including phenoxy) is 1. The zero-order valence-corrected chi connectivity index (χ0v) is 15.0. The number of hydrogen-bond donors (Lipinski definition) is 1. The Morgan fingerprint density at radius 1 is 1.08 bits per heavy atom. The third kappa shape index (κ3) is 5.17. The maximum atomic E-state index is 12.1. The van der Waals surface area contributed by atoms with Crippen LogP contribution < -0.4 is 5.32 Å². The second-order valence-electron chi connectivity index (χ2n) is 7.07. The molecule has 140 valence electrons. The second-order valence-corrected chi connectivity index (χ2v) is 7.07. The number of nitrogens with zero attached hydrogens (tertiary/aromatic N) is 2. The van der Waals surface area contributed by atoms with Crippen molar-refractivity contribution in [2.45, 2.75) is 57.9 Å². The minimum Gasteiger partial charge on any atom is -0.456 e. The van der Waals surface area contributed by atoms with Crippen LogP contribution in [0.4, 0.5) is 4.79 Å². The van der Waals surface area contributed by atoms with Crippen LogP contribution >= 0.6 is 0 Å². The first-order valence-corrected chi connectivity index (χ1v) is 8.89. The van der Waals surface area contributed by atoms with Crippen molar-refractivity contribution in [1.82, 2.24) is 15.1 Å². The van der Waals surface area contributed by atoms with Gasteiger partial charge in [-0.3, -0.25) is 19.3 Å². The van der Waals surface area contributed by atoms with Crippen LogP contribution in [0.1, 0.15) is 52.4 Å². The van der Waals surface area contributed by atoms with Crippen molar-refractivity contribution >= 4 is 23.8 Å². The number of carbonyl (C=O) groups is 4. The largest absolute Gasteiger partial charge is 0.456 e. The Hall–Kier alpha value is -2.12. The van der Waals surface area contributed by atoms with E-state index in [1.54, 1.807) is 18.7 Å². The summed E-state index contributed by atoms with van der Waals surface area (Å²) in [6.07, 6.45) is 5.26. The first kappa shape index (κ1) is 19.2. The summed E-state index contributed by atoms with van der Waals surface area (Å²) in [5, 5.41) is 2.55. The summed E-state index contributed by atoms with van der Waals surface area (Å²) >= 11 is 0. The average Bonchev–Trinajstić information content (AvgIpc) is 2.70. The maximum Gasteiger partial charge on any atom is 0.325 e. The smallest absolute Gasteiger partial charge is 0.325 e. The number of imide groups is 1. The molecular weight excluding hydrogens is 326 g/mol. The van der Waals surface area contributed by atoms with Crippen LogP contribution in [0.3, 0.4) is 0 Å². The Kier molecular flexibility index (Phi) is 6.39. The molecule has 0 spiro atoms. The molecule has 0 aromatic rings. The molecule has 0 aromatic carbocycles.